The number of carbonyl (C=O) groups is 2. The Bertz CT molecular complexity index is 372. The van der Waals surface area contributed by atoms with E-state index in [-0.39, 0.29) is 19.1 Å². The van der Waals surface area contributed by atoms with E-state index in [9.17, 15) is 9.59 Å². The SMILES string of the molecule is CC(C(=O)NC1COCC1C(=O)O)=C1CNC1. The summed E-state index contributed by atoms with van der Waals surface area (Å²) in [6, 6.07) is -0.427. The highest BCUT2D eigenvalue weighted by Crippen LogP contribution is 2.15. The lowest BCUT2D eigenvalue weighted by atomic mass is 10.0. The van der Waals surface area contributed by atoms with E-state index in [0.29, 0.717) is 5.57 Å². The van der Waals surface area contributed by atoms with E-state index >= 15 is 0 Å². The van der Waals surface area contributed by atoms with Crippen LogP contribution in [-0.4, -0.2) is 49.3 Å². The van der Waals surface area contributed by atoms with Gasteiger partial charge in [0.25, 0.3) is 0 Å². The standard InChI is InChI=1S/C11H16N2O4/c1-6(7-2-12-3-7)10(14)13-9-5-17-4-8(9)11(15)16/h8-9,12H,2-5H2,1H3,(H,13,14)(H,15,16). The van der Waals surface area contributed by atoms with Crippen LogP contribution in [0.25, 0.3) is 0 Å². The fraction of sp³-hybridized carbons (Fsp3) is 0.636. The van der Waals surface area contributed by atoms with Crippen molar-refractivity contribution in [3.8, 4) is 0 Å². The van der Waals surface area contributed by atoms with Gasteiger partial charge >= 0.3 is 5.97 Å². The third-order valence-corrected chi connectivity index (χ3v) is 3.26. The highest BCUT2D eigenvalue weighted by Gasteiger charge is 2.35. The van der Waals surface area contributed by atoms with Crippen LogP contribution in [0.4, 0.5) is 0 Å². The van der Waals surface area contributed by atoms with Gasteiger partial charge in [-0.25, -0.2) is 0 Å². The number of aliphatic carboxylic acids is 1. The molecule has 0 aliphatic carbocycles. The summed E-state index contributed by atoms with van der Waals surface area (Å²) in [5, 5.41) is 14.7. The van der Waals surface area contributed by atoms with Crippen LogP contribution >= 0.6 is 0 Å². The topological polar surface area (TPSA) is 87.7 Å². The van der Waals surface area contributed by atoms with Crippen LogP contribution in [0.3, 0.4) is 0 Å². The van der Waals surface area contributed by atoms with Crippen LogP contribution in [0.15, 0.2) is 11.1 Å². The number of ether oxygens (including phenoxy) is 1. The van der Waals surface area contributed by atoms with E-state index in [0.717, 1.165) is 18.7 Å². The predicted octanol–water partition coefficient (Wildman–Crippen LogP) is -0.878. The Labute approximate surface area is 99.0 Å². The summed E-state index contributed by atoms with van der Waals surface area (Å²) in [5.74, 6) is -1.76. The highest BCUT2D eigenvalue weighted by atomic mass is 16.5. The van der Waals surface area contributed by atoms with Crippen LogP contribution < -0.4 is 10.6 Å². The zero-order valence-corrected chi connectivity index (χ0v) is 9.66. The number of carbonyl (C=O) groups excluding carboxylic acids is 1. The lowest BCUT2D eigenvalue weighted by molar-refractivity contribution is -0.142. The first-order valence-corrected chi connectivity index (χ1v) is 5.60. The molecule has 6 nitrogen and oxygen atoms in total. The number of nitrogens with one attached hydrogen (secondary N) is 2. The first kappa shape index (κ1) is 12.1. The van der Waals surface area contributed by atoms with Gasteiger partial charge < -0.3 is 20.5 Å². The van der Waals surface area contributed by atoms with Gasteiger partial charge in [0.2, 0.25) is 5.91 Å². The van der Waals surface area contributed by atoms with Gasteiger partial charge in [-0.05, 0) is 12.5 Å². The van der Waals surface area contributed by atoms with Crippen LogP contribution in [0, 0.1) is 5.92 Å². The molecule has 2 fully saturated rings. The van der Waals surface area contributed by atoms with Crippen molar-refractivity contribution < 1.29 is 19.4 Å². The van der Waals surface area contributed by atoms with Crippen molar-refractivity contribution in [2.75, 3.05) is 26.3 Å². The van der Waals surface area contributed by atoms with Gasteiger partial charge in [-0.3, -0.25) is 9.59 Å². The number of carboxylic acids is 1. The maximum absolute atomic E-state index is 11.9. The van der Waals surface area contributed by atoms with Crippen molar-refractivity contribution in [3.63, 3.8) is 0 Å². The highest BCUT2D eigenvalue weighted by molar-refractivity contribution is 5.94. The number of hydrogen-bond acceptors (Lipinski definition) is 4. The Balaban J connectivity index is 1.96. The molecule has 0 bridgehead atoms. The molecule has 2 atom stereocenters. The van der Waals surface area contributed by atoms with Gasteiger partial charge in [-0.1, -0.05) is 0 Å². The van der Waals surface area contributed by atoms with E-state index in [2.05, 4.69) is 10.6 Å². The zero-order valence-electron chi connectivity index (χ0n) is 9.66. The van der Waals surface area contributed by atoms with Crippen molar-refractivity contribution in [2.24, 2.45) is 5.92 Å². The van der Waals surface area contributed by atoms with Crippen molar-refractivity contribution in [3.05, 3.63) is 11.1 Å². The molecule has 2 aliphatic rings. The minimum atomic E-state index is -0.927. The average Bonchev–Trinajstić information content (AvgIpc) is 2.62. The third-order valence-electron chi connectivity index (χ3n) is 3.26. The summed E-state index contributed by atoms with van der Waals surface area (Å²) < 4.78 is 5.09. The number of rotatable bonds is 3. The molecule has 0 radical (unpaired) electrons. The summed E-state index contributed by atoms with van der Waals surface area (Å²) >= 11 is 0. The second kappa shape index (κ2) is 4.85. The molecule has 94 valence electrons. The van der Waals surface area contributed by atoms with E-state index in [1.54, 1.807) is 6.92 Å². The lowest BCUT2D eigenvalue weighted by Crippen LogP contribution is -2.44. The first-order chi connectivity index (χ1) is 8.09. The van der Waals surface area contributed by atoms with Crippen LogP contribution in [0.1, 0.15) is 6.92 Å². The Morgan fingerprint density at radius 2 is 2.12 bits per heavy atom. The minimum absolute atomic E-state index is 0.164. The third kappa shape index (κ3) is 2.48. The summed E-state index contributed by atoms with van der Waals surface area (Å²) in [6.45, 7) is 3.67. The normalized spacial score (nSPS) is 27.5. The molecule has 2 saturated heterocycles. The maximum atomic E-state index is 11.9. The predicted molar refractivity (Wildman–Crippen MR) is 59.4 cm³/mol. The molecule has 2 rings (SSSR count). The largest absolute Gasteiger partial charge is 0.481 e. The molecule has 0 saturated carbocycles. The Kier molecular flexibility index (Phi) is 3.44. The lowest BCUT2D eigenvalue weighted by Gasteiger charge is -2.23. The molecule has 3 N–H and O–H groups in total. The zero-order chi connectivity index (χ0) is 12.4. The molecule has 2 heterocycles. The average molecular weight is 240 g/mol. The van der Waals surface area contributed by atoms with Gasteiger partial charge in [0, 0.05) is 18.7 Å². The van der Waals surface area contributed by atoms with E-state index in [1.165, 1.54) is 0 Å². The molecule has 17 heavy (non-hydrogen) atoms. The van der Waals surface area contributed by atoms with Crippen molar-refractivity contribution in [1.29, 1.82) is 0 Å². The fourth-order valence-electron chi connectivity index (χ4n) is 1.89. The first-order valence-electron chi connectivity index (χ1n) is 5.60. The quantitative estimate of drug-likeness (QED) is 0.558. The summed E-state index contributed by atoms with van der Waals surface area (Å²) in [6.07, 6.45) is 0. The Morgan fingerprint density at radius 1 is 1.41 bits per heavy atom. The number of hydrogen-bond donors (Lipinski definition) is 3. The summed E-state index contributed by atoms with van der Waals surface area (Å²) in [5.41, 5.74) is 1.76. The van der Waals surface area contributed by atoms with Crippen LogP contribution in [0.5, 0.6) is 0 Å². The number of carboxylic acid groups (broad SMARTS) is 1. The van der Waals surface area contributed by atoms with Crippen molar-refractivity contribution in [1.82, 2.24) is 10.6 Å². The molecule has 6 heteroatoms. The Morgan fingerprint density at radius 3 is 2.65 bits per heavy atom. The molecule has 0 aromatic carbocycles. The molecular formula is C11H16N2O4. The summed E-state index contributed by atoms with van der Waals surface area (Å²) in [7, 11) is 0. The second-order valence-electron chi connectivity index (χ2n) is 4.39. The maximum Gasteiger partial charge on any atom is 0.311 e. The Hall–Kier alpha value is -1.40. The molecule has 2 unspecified atom stereocenters. The van der Waals surface area contributed by atoms with Gasteiger partial charge in [-0.15, -0.1) is 0 Å². The van der Waals surface area contributed by atoms with Gasteiger partial charge in [0.05, 0.1) is 19.3 Å². The molecular weight excluding hydrogens is 224 g/mol. The molecule has 2 aliphatic heterocycles. The van der Waals surface area contributed by atoms with Crippen molar-refractivity contribution in [2.45, 2.75) is 13.0 Å². The van der Waals surface area contributed by atoms with Crippen LogP contribution in [0.2, 0.25) is 0 Å². The van der Waals surface area contributed by atoms with E-state index in [1.807, 2.05) is 0 Å². The monoisotopic (exact) mass is 240 g/mol. The second-order valence-corrected chi connectivity index (χ2v) is 4.39. The molecule has 0 aromatic rings. The van der Waals surface area contributed by atoms with Crippen LogP contribution in [-0.2, 0) is 14.3 Å². The number of amides is 1. The van der Waals surface area contributed by atoms with Gasteiger partial charge in [-0.2, -0.15) is 0 Å². The van der Waals surface area contributed by atoms with Crippen molar-refractivity contribution >= 4 is 11.9 Å². The molecule has 0 spiro atoms. The summed E-state index contributed by atoms with van der Waals surface area (Å²) in [4.78, 5) is 22.8. The van der Waals surface area contributed by atoms with Gasteiger partial charge in [0.1, 0.15) is 5.92 Å². The minimum Gasteiger partial charge on any atom is -0.481 e. The van der Waals surface area contributed by atoms with E-state index < -0.39 is 17.9 Å². The fourth-order valence-corrected chi connectivity index (χ4v) is 1.89. The smallest absolute Gasteiger partial charge is 0.311 e. The molecule has 0 aromatic heterocycles. The molecule has 1 amide bonds. The van der Waals surface area contributed by atoms with Gasteiger partial charge in [0.15, 0.2) is 0 Å². The van der Waals surface area contributed by atoms with E-state index in [4.69, 9.17) is 9.84 Å².